The number of piperidine rings is 1. The van der Waals surface area contributed by atoms with Crippen molar-refractivity contribution >= 4 is 39.1 Å². The highest BCUT2D eigenvalue weighted by Gasteiger charge is 2.26. The summed E-state index contributed by atoms with van der Waals surface area (Å²) in [5.41, 5.74) is 8.37. The number of sulfonamides is 1. The molecule has 1 aliphatic carbocycles. The molecular formula is C29H38N6O5S. The van der Waals surface area contributed by atoms with Gasteiger partial charge in [-0.25, -0.2) is 8.42 Å². The van der Waals surface area contributed by atoms with Crippen LogP contribution in [0.15, 0.2) is 58.3 Å². The molecule has 11 nitrogen and oxygen atoms in total. The van der Waals surface area contributed by atoms with Crippen LogP contribution in [0.1, 0.15) is 56.3 Å². The van der Waals surface area contributed by atoms with Crippen LogP contribution in [-0.4, -0.2) is 75.2 Å². The molecule has 3 aliphatic rings. The van der Waals surface area contributed by atoms with Crippen molar-refractivity contribution in [2.75, 3.05) is 36.7 Å². The Morgan fingerprint density at radius 3 is 2.63 bits per heavy atom. The second-order valence-electron chi connectivity index (χ2n) is 10.5. The summed E-state index contributed by atoms with van der Waals surface area (Å²) in [5.74, 6) is 0.534. The van der Waals surface area contributed by atoms with Crippen molar-refractivity contribution in [3.05, 3.63) is 58.8 Å². The Hall–Kier alpha value is -3.93. The number of carbonyl (C=O) groups is 2. The lowest BCUT2D eigenvalue weighted by Crippen LogP contribution is -2.41. The Morgan fingerprint density at radius 2 is 2.02 bits per heavy atom. The van der Waals surface area contributed by atoms with Crippen LogP contribution in [0.25, 0.3) is 0 Å². The van der Waals surface area contributed by atoms with E-state index in [0.717, 1.165) is 62.7 Å². The van der Waals surface area contributed by atoms with Gasteiger partial charge in [0.15, 0.2) is 0 Å². The van der Waals surface area contributed by atoms with Crippen molar-refractivity contribution in [2.45, 2.75) is 52.1 Å². The van der Waals surface area contributed by atoms with E-state index in [9.17, 15) is 18.0 Å². The smallest absolute Gasteiger partial charge is 0.252 e. The van der Waals surface area contributed by atoms with E-state index in [1.807, 2.05) is 6.08 Å². The van der Waals surface area contributed by atoms with Crippen LogP contribution in [0.4, 0.5) is 5.69 Å². The lowest BCUT2D eigenvalue weighted by Gasteiger charge is -2.34. The van der Waals surface area contributed by atoms with Crippen LogP contribution in [0.5, 0.6) is 5.75 Å². The number of hydrogen-bond donors (Lipinski definition) is 3. The number of amidine groups is 1. The molecule has 1 fully saturated rings. The van der Waals surface area contributed by atoms with Crippen LogP contribution < -0.4 is 20.1 Å². The van der Waals surface area contributed by atoms with Gasteiger partial charge in [-0.05, 0) is 42.7 Å². The summed E-state index contributed by atoms with van der Waals surface area (Å²) < 4.78 is 32.9. The molecule has 0 atom stereocenters. The van der Waals surface area contributed by atoms with Gasteiger partial charge in [0.25, 0.3) is 5.91 Å². The number of aliphatic imine (C=N–C) groups is 1. The van der Waals surface area contributed by atoms with Gasteiger partial charge in [-0.1, -0.05) is 18.2 Å². The summed E-state index contributed by atoms with van der Waals surface area (Å²) in [6, 6.07) is 4.67. The van der Waals surface area contributed by atoms with Gasteiger partial charge >= 0.3 is 0 Å². The maximum Gasteiger partial charge on any atom is 0.252 e. The molecule has 0 aromatic heterocycles. The minimum Gasteiger partial charge on any atom is -0.489 e. The number of hydrogen-bond acceptors (Lipinski definition) is 8. The molecule has 1 aromatic rings. The van der Waals surface area contributed by atoms with Gasteiger partial charge in [0, 0.05) is 52.2 Å². The minimum absolute atomic E-state index is 0.00286. The summed E-state index contributed by atoms with van der Waals surface area (Å²) in [6.45, 7) is 5.74. The Bertz CT molecular complexity index is 1450. The standard InChI is InChI=1S/C29H38N6O5S/c1-19-21(8-10-25(30)28(19)33-20(2)36)6-5-15-35(41(3,38)39)22-9-11-26(24(18-22)29(31)37)40-23-12-16-34(17-13-23)27-7-4-14-32-27/h5-6,8-9,11,18,23,30H,4,7,10,12-17H2,1-3H3,(H2,31,37)(H,33,36)/b6-5+,30-25?. The molecule has 1 aromatic carbocycles. The van der Waals surface area contributed by atoms with E-state index in [0.29, 0.717) is 23.6 Å². The maximum atomic E-state index is 12.7. The second kappa shape index (κ2) is 12.7. The average molecular weight is 583 g/mol. The number of nitrogens with zero attached hydrogens (tertiary/aromatic N) is 3. The highest BCUT2D eigenvalue weighted by Crippen LogP contribution is 2.30. The SMILES string of the molecule is CC(=O)NC1=C(C)C(/C=C/CN(c2ccc(OC3CCN(C4=NCCC4)CC3)c(C(N)=O)c2)S(C)(=O)=O)=CCC1=N. The van der Waals surface area contributed by atoms with E-state index >= 15 is 0 Å². The molecule has 0 spiro atoms. The van der Waals surface area contributed by atoms with Gasteiger partial charge in [-0.2, -0.15) is 0 Å². The largest absolute Gasteiger partial charge is 0.489 e. The van der Waals surface area contributed by atoms with Crippen molar-refractivity contribution in [2.24, 2.45) is 10.7 Å². The first-order valence-electron chi connectivity index (χ1n) is 13.7. The predicted molar refractivity (Wildman–Crippen MR) is 160 cm³/mol. The number of carbonyl (C=O) groups excluding carboxylic acids is 2. The van der Waals surface area contributed by atoms with Gasteiger partial charge in [0.1, 0.15) is 11.9 Å². The fourth-order valence-electron chi connectivity index (χ4n) is 5.25. The highest BCUT2D eigenvalue weighted by molar-refractivity contribution is 7.92. The fourth-order valence-corrected chi connectivity index (χ4v) is 6.10. The van der Waals surface area contributed by atoms with Crippen molar-refractivity contribution in [1.82, 2.24) is 10.2 Å². The van der Waals surface area contributed by atoms with Crippen LogP contribution in [-0.2, 0) is 14.8 Å². The number of nitrogens with one attached hydrogen (secondary N) is 2. The summed E-state index contributed by atoms with van der Waals surface area (Å²) >= 11 is 0. The molecule has 2 aliphatic heterocycles. The fraction of sp³-hybridized carbons (Fsp3) is 0.448. The molecule has 12 heteroatoms. The molecule has 0 saturated carbocycles. The van der Waals surface area contributed by atoms with Gasteiger partial charge < -0.3 is 26.1 Å². The molecule has 41 heavy (non-hydrogen) atoms. The van der Waals surface area contributed by atoms with Crippen molar-refractivity contribution in [1.29, 1.82) is 5.41 Å². The van der Waals surface area contributed by atoms with Crippen LogP contribution >= 0.6 is 0 Å². The number of rotatable bonds is 9. The summed E-state index contributed by atoms with van der Waals surface area (Å²) in [4.78, 5) is 30.8. The molecule has 0 bridgehead atoms. The Labute approximate surface area is 241 Å². The zero-order valence-electron chi connectivity index (χ0n) is 23.8. The molecule has 1 saturated heterocycles. The van der Waals surface area contributed by atoms with Crippen molar-refractivity contribution in [3.8, 4) is 5.75 Å². The first-order chi connectivity index (χ1) is 19.4. The van der Waals surface area contributed by atoms with E-state index in [1.54, 1.807) is 31.2 Å². The lowest BCUT2D eigenvalue weighted by molar-refractivity contribution is -0.118. The second-order valence-corrected chi connectivity index (χ2v) is 12.4. The first-order valence-corrected chi connectivity index (χ1v) is 15.6. The molecular weight excluding hydrogens is 544 g/mol. The third-order valence-electron chi connectivity index (χ3n) is 7.38. The van der Waals surface area contributed by atoms with E-state index in [2.05, 4.69) is 15.2 Å². The summed E-state index contributed by atoms with van der Waals surface area (Å²) in [5, 5.41) is 10.8. The zero-order chi connectivity index (χ0) is 29.7. The number of allylic oxidation sites excluding steroid dienone is 5. The molecule has 220 valence electrons. The number of primary amides is 1. The van der Waals surface area contributed by atoms with Crippen LogP contribution in [0.3, 0.4) is 0 Å². The predicted octanol–water partition coefficient (Wildman–Crippen LogP) is 2.90. The van der Waals surface area contributed by atoms with E-state index in [4.69, 9.17) is 15.9 Å². The monoisotopic (exact) mass is 582 g/mol. The number of ether oxygens (including phenoxy) is 1. The minimum atomic E-state index is -3.72. The number of amides is 2. The topological polar surface area (TPSA) is 158 Å². The number of anilines is 1. The van der Waals surface area contributed by atoms with E-state index in [-0.39, 0.29) is 29.8 Å². The highest BCUT2D eigenvalue weighted by atomic mass is 32.2. The van der Waals surface area contributed by atoms with E-state index < -0.39 is 15.9 Å². The maximum absolute atomic E-state index is 12.7. The molecule has 4 N–H and O–H groups in total. The van der Waals surface area contributed by atoms with E-state index in [1.165, 1.54) is 23.1 Å². The van der Waals surface area contributed by atoms with Crippen LogP contribution in [0.2, 0.25) is 0 Å². The third-order valence-corrected chi connectivity index (χ3v) is 8.54. The van der Waals surface area contributed by atoms with Crippen molar-refractivity contribution in [3.63, 3.8) is 0 Å². The number of nitrogens with two attached hydrogens (primary N) is 1. The molecule has 0 radical (unpaired) electrons. The Balaban J connectivity index is 1.49. The average Bonchev–Trinajstić information content (AvgIpc) is 3.45. The van der Waals surface area contributed by atoms with Gasteiger partial charge in [0.05, 0.1) is 41.3 Å². The first kappa shape index (κ1) is 30.0. The Kier molecular flexibility index (Phi) is 9.31. The summed E-state index contributed by atoms with van der Waals surface area (Å²) in [6.07, 6.45) is 10.3. The number of likely N-dealkylation sites (tertiary alicyclic amines) is 1. The summed E-state index contributed by atoms with van der Waals surface area (Å²) in [7, 11) is -3.72. The normalized spacial score (nSPS) is 18.4. The third kappa shape index (κ3) is 7.43. The van der Waals surface area contributed by atoms with Crippen molar-refractivity contribution < 1.29 is 22.7 Å². The van der Waals surface area contributed by atoms with Gasteiger partial charge in [-0.3, -0.25) is 18.9 Å². The Morgan fingerprint density at radius 1 is 1.29 bits per heavy atom. The lowest BCUT2D eigenvalue weighted by atomic mass is 9.94. The van der Waals surface area contributed by atoms with Gasteiger partial charge in [-0.15, -0.1) is 0 Å². The molecule has 2 amide bonds. The number of benzene rings is 1. The van der Waals surface area contributed by atoms with Gasteiger partial charge in [0.2, 0.25) is 15.9 Å². The zero-order valence-corrected chi connectivity index (χ0v) is 24.6. The quantitative estimate of drug-likeness (QED) is 0.406. The molecule has 0 unspecified atom stereocenters. The molecule has 2 heterocycles. The van der Waals surface area contributed by atoms with Crippen LogP contribution in [0, 0.1) is 5.41 Å². The molecule has 4 rings (SSSR count).